The molecule has 0 unspecified atom stereocenters. The summed E-state index contributed by atoms with van der Waals surface area (Å²) in [7, 11) is 0. The number of pyridine rings is 1. The molecule has 0 fully saturated rings. The van der Waals surface area contributed by atoms with Crippen LogP contribution < -0.4 is 10.1 Å². The molecule has 0 aliphatic heterocycles. The molecule has 2 heterocycles. The molecule has 122 valence electrons. The van der Waals surface area contributed by atoms with Crippen molar-refractivity contribution in [2.75, 3.05) is 5.32 Å². The van der Waals surface area contributed by atoms with Gasteiger partial charge in [0.1, 0.15) is 23.9 Å². The van der Waals surface area contributed by atoms with Crippen molar-refractivity contribution in [3.63, 3.8) is 0 Å². The van der Waals surface area contributed by atoms with Crippen molar-refractivity contribution in [2.45, 2.75) is 13.5 Å². The van der Waals surface area contributed by atoms with Crippen molar-refractivity contribution in [3.05, 3.63) is 76.3 Å². The second-order valence-electron chi connectivity index (χ2n) is 5.14. The average molecular weight is 387 g/mol. The van der Waals surface area contributed by atoms with Gasteiger partial charge in [-0.15, -0.1) is 0 Å². The van der Waals surface area contributed by atoms with Gasteiger partial charge in [0, 0.05) is 10.7 Å². The van der Waals surface area contributed by atoms with E-state index in [9.17, 15) is 4.79 Å². The van der Waals surface area contributed by atoms with E-state index in [0.717, 1.165) is 15.8 Å². The number of halogens is 1. The van der Waals surface area contributed by atoms with E-state index < -0.39 is 0 Å². The Labute approximate surface area is 147 Å². The molecule has 0 saturated carbocycles. The normalized spacial score (nSPS) is 10.4. The summed E-state index contributed by atoms with van der Waals surface area (Å²) in [6.07, 6.45) is 1.61. The molecule has 3 rings (SSSR count). The summed E-state index contributed by atoms with van der Waals surface area (Å²) >= 11 is 3.29. The van der Waals surface area contributed by atoms with Crippen molar-refractivity contribution in [3.8, 4) is 5.75 Å². The van der Waals surface area contributed by atoms with Crippen LogP contribution in [0.5, 0.6) is 5.75 Å². The summed E-state index contributed by atoms with van der Waals surface area (Å²) in [4.78, 5) is 16.2. The smallest absolute Gasteiger partial charge is 0.292 e. The average Bonchev–Trinajstić information content (AvgIpc) is 3.05. The molecule has 2 aromatic heterocycles. The van der Waals surface area contributed by atoms with Gasteiger partial charge in [-0.2, -0.15) is 0 Å². The quantitative estimate of drug-likeness (QED) is 0.696. The molecular formula is C18H15BrN2O3. The summed E-state index contributed by atoms with van der Waals surface area (Å²) in [5, 5.41) is 2.68. The highest BCUT2D eigenvalue weighted by Gasteiger charge is 2.12. The highest BCUT2D eigenvalue weighted by molar-refractivity contribution is 9.10. The number of furan rings is 1. The monoisotopic (exact) mass is 386 g/mol. The lowest BCUT2D eigenvalue weighted by Crippen LogP contribution is -2.11. The molecule has 1 N–H and O–H groups in total. The van der Waals surface area contributed by atoms with Gasteiger partial charge in [-0.3, -0.25) is 4.79 Å². The van der Waals surface area contributed by atoms with Gasteiger partial charge in [0.2, 0.25) is 0 Å². The maximum Gasteiger partial charge on any atom is 0.292 e. The number of carbonyl (C=O) groups excluding carboxylic acids is 1. The number of hydrogen-bond donors (Lipinski definition) is 1. The van der Waals surface area contributed by atoms with Crippen molar-refractivity contribution in [1.29, 1.82) is 0 Å². The highest BCUT2D eigenvalue weighted by Crippen LogP contribution is 2.19. The Bertz CT molecular complexity index is 843. The SMILES string of the molecule is Cc1ccccc1OCc1ccc(C(=O)Nc2ccc(Br)cn2)o1. The molecule has 0 radical (unpaired) electrons. The third-order valence-corrected chi connectivity index (χ3v) is 3.79. The van der Waals surface area contributed by atoms with Gasteiger partial charge in [0.05, 0.1) is 0 Å². The Morgan fingerprint density at radius 3 is 2.79 bits per heavy atom. The molecule has 5 nitrogen and oxygen atoms in total. The molecule has 0 bridgehead atoms. The lowest BCUT2D eigenvalue weighted by atomic mass is 10.2. The van der Waals surface area contributed by atoms with E-state index in [1.54, 1.807) is 30.5 Å². The molecule has 6 heteroatoms. The first-order chi connectivity index (χ1) is 11.6. The van der Waals surface area contributed by atoms with E-state index in [-0.39, 0.29) is 18.3 Å². The standard InChI is InChI=1S/C18H15BrN2O3/c1-12-4-2-3-5-15(12)23-11-14-7-8-16(24-14)18(22)21-17-9-6-13(19)10-20-17/h2-10H,11H2,1H3,(H,20,21,22). The molecule has 0 aliphatic carbocycles. The number of aryl methyl sites for hydroxylation is 1. The number of para-hydroxylation sites is 1. The van der Waals surface area contributed by atoms with E-state index in [1.165, 1.54) is 0 Å². The van der Waals surface area contributed by atoms with E-state index in [1.807, 2.05) is 31.2 Å². The lowest BCUT2D eigenvalue weighted by Gasteiger charge is -2.06. The van der Waals surface area contributed by atoms with Crippen LogP contribution in [0.4, 0.5) is 5.82 Å². The first-order valence-corrected chi connectivity index (χ1v) is 8.11. The molecule has 0 saturated heterocycles. The number of nitrogens with one attached hydrogen (secondary N) is 1. The van der Waals surface area contributed by atoms with Crippen LogP contribution in [0, 0.1) is 6.92 Å². The minimum absolute atomic E-state index is 0.211. The third kappa shape index (κ3) is 4.02. The van der Waals surface area contributed by atoms with Gasteiger partial charge in [-0.1, -0.05) is 18.2 Å². The summed E-state index contributed by atoms with van der Waals surface area (Å²) in [6, 6.07) is 14.6. The first-order valence-electron chi connectivity index (χ1n) is 7.32. The Balaban J connectivity index is 1.61. The second-order valence-corrected chi connectivity index (χ2v) is 6.05. The summed E-state index contributed by atoms with van der Waals surface area (Å²) in [5.41, 5.74) is 1.04. The molecule has 3 aromatic rings. The fourth-order valence-electron chi connectivity index (χ4n) is 2.07. The lowest BCUT2D eigenvalue weighted by molar-refractivity contribution is 0.0992. The third-order valence-electron chi connectivity index (χ3n) is 3.32. The van der Waals surface area contributed by atoms with Gasteiger partial charge in [0.25, 0.3) is 5.91 Å². The number of anilines is 1. The van der Waals surface area contributed by atoms with E-state index >= 15 is 0 Å². The highest BCUT2D eigenvalue weighted by atomic mass is 79.9. The van der Waals surface area contributed by atoms with E-state index in [4.69, 9.17) is 9.15 Å². The minimum Gasteiger partial charge on any atom is -0.485 e. The maximum absolute atomic E-state index is 12.1. The van der Waals surface area contributed by atoms with Gasteiger partial charge >= 0.3 is 0 Å². The number of ether oxygens (including phenoxy) is 1. The Morgan fingerprint density at radius 1 is 1.21 bits per heavy atom. The van der Waals surface area contributed by atoms with Crippen LogP contribution in [-0.4, -0.2) is 10.9 Å². The number of benzene rings is 1. The molecule has 0 aliphatic rings. The molecule has 0 atom stereocenters. The van der Waals surface area contributed by atoms with Crippen molar-refractivity contribution < 1.29 is 13.9 Å². The largest absolute Gasteiger partial charge is 0.485 e. The van der Waals surface area contributed by atoms with Crippen molar-refractivity contribution in [1.82, 2.24) is 4.98 Å². The maximum atomic E-state index is 12.1. The Morgan fingerprint density at radius 2 is 2.04 bits per heavy atom. The predicted molar refractivity (Wildman–Crippen MR) is 94.1 cm³/mol. The predicted octanol–water partition coefficient (Wildman–Crippen LogP) is 4.58. The van der Waals surface area contributed by atoms with Crippen LogP contribution in [0.15, 0.2) is 63.6 Å². The van der Waals surface area contributed by atoms with Gasteiger partial charge in [-0.25, -0.2) is 4.98 Å². The summed E-state index contributed by atoms with van der Waals surface area (Å²) in [6.45, 7) is 2.23. The zero-order valence-corrected chi connectivity index (χ0v) is 14.5. The fourth-order valence-corrected chi connectivity index (χ4v) is 2.31. The van der Waals surface area contributed by atoms with Crippen LogP contribution in [0.25, 0.3) is 0 Å². The summed E-state index contributed by atoms with van der Waals surface area (Å²) < 4.78 is 12.1. The van der Waals surface area contributed by atoms with Gasteiger partial charge < -0.3 is 14.5 Å². The number of amides is 1. The topological polar surface area (TPSA) is 64.4 Å². The fraction of sp³-hybridized carbons (Fsp3) is 0.111. The van der Waals surface area contributed by atoms with Gasteiger partial charge in [0.15, 0.2) is 5.76 Å². The molecule has 1 amide bonds. The number of hydrogen-bond acceptors (Lipinski definition) is 4. The number of aromatic nitrogens is 1. The molecule has 1 aromatic carbocycles. The van der Waals surface area contributed by atoms with Crippen LogP contribution in [-0.2, 0) is 6.61 Å². The van der Waals surface area contributed by atoms with Gasteiger partial charge in [-0.05, 0) is 58.7 Å². The van der Waals surface area contributed by atoms with Crippen LogP contribution in [0.3, 0.4) is 0 Å². The molecule has 0 spiro atoms. The van der Waals surface area contributed by atoms with Crippen LogP contribution in [0.1, 0.15) is 21.9 Å². The zero-order valence-electron chi connectivity index (χ0n) is 13.0. The second kappa shape index (κ2) is 7.31. The Hall–Kier alpha value is -2.60. The number of nitrogens with zero attached hydrogens (tertiary/aromatic N) is 1. The minimum atomic E-state index is -0.355. The van der Waals surface area contributed by atoms with Crippen LogP contribution >= 0.6 is 15.9 Å². The first kappa shape index (κ1) is 16.3. The number of carbonyl (C=O) groups is 1. The molecule has 24 heavy (non-hydrogen) atoms. The van der Waals surface area contributed by atoms with E-state index in [0.29, 0.717) is 11.6 Å². The summed E-state index contributed by atoms with van der Waals surface area (Å²) in [5.74, 6) is 1.68. The number of rotatable bonds is 5. The van der Waals surface area contributed by atoms with E-state index in [2.05, 4.69) is 26.2 Å². The Kier molecular flexibility index (Phi) is 4.96. The molecular weight excluding hydrogens is 372 g/mol. The zero-order chi connectivity index (χ0) is 16.9. The van der Waals surface area contributed by atoms with Crippen molar-refractivity contribution >= 4 is 27.7 Å². The van der Waals surface area contributed by atoms with Crippen LogP contribution in [0.2, 0.25) is 0 Å². The van der Waals surface area contributed by atoms with Crippen molar-refractivity contribution in [2.24, 2.45) is 0 Å².